The van der Waals surface area contributed by atoms with Gasteiger partial charge in [-0.2, -0.15) is 0 Å². The summed E-state index contributed by atoms with van der Waals surface area (Å²) in [7, 11) is 0. The second kappa shape index (κ2) is 7.22. The van der Waals surface area contributed by atoms with Crippen molar-refractivity contribution in [2.45, 2.75) is 44.1 Å². The van der Waals surface area contributed by atoms with Crippen LogP contribution in [0.4, 0.5) is 4.39 Å². The van der Waals surface area contributed by atoms with Gasteiger partial charge in [0, 0.05) is 18.0 Å². The third-order valence-electron chi connectivity index (χ3n) is 5.35. The minimum Gasteiger partial charge on any atom is -0.326 e. The fourth-order valence-electron chi connectivity index (χ4n) is 4.02. The molecule has 1 aromatic heterocycles. The molecule has 0 aliphatic heterocycles. The molecular formula is C22H23FN2. The lowest BCUT2D eigenvalue weighted by atomic mass is 9.83. The Balaban J connectivity index is 1.69. The van der Waals surface area contributed by atoms with E-state index in [1.165, 1.54) is 43.7 Å². The van der Waals surface area contributed by atoms with Crippen LogP contribution >= 0.6 is 0 Å². The average Bonchev–Trinajstić information content (AvgIpc) is 3.19. The van der Waals surface area contributed by atoms with E-state index in [0.717, 1.165) is 5.56 Å². The Morgan fingerprint density at radius 1 is 0.960 bits per heavy atom. The first kappa shape index (κ1) is 16.1. The molecule has 1 saturated carbocycles. The molecule has 1 unspecified atom stereocenters. The molecule has 0 radical (unpaired) electrons. The summed E-state index contributed by atoms with van der Waals surface area (Å²) in [6.07, 6.45) is 12.0. The summed E-state index contributed by atoms with van der Waals surface area (Å²) in [5.41, 5.74) is 3.18. The summed E-state index contributed by atoms with van der Waals surface area (Å²) in [5, 5.41) is 0. The van der Waals surface area contributed by atoms with E-state index in [2.05, 4.69) is 29.2 Å². The monoisotopic (exact) mass is 334 g/mol. The van der Waals surface area contributed by atoms with Gasteiger partial charge < -0.3 is 4.57 Å². The molecule has 0 amide bonds. The molecule has 2 nitrogen and oxygen atoms in total. The molecule has 4 rings (SSSR count). The van der Waals surface area contributed by atoms with Crippen molar-refractivity contribution in [2.75, 3.05) is 0 Å². The topological polar surface area (TPSA) is 17.8 Å². The number of imidazole rings is 1. The van der Waals surface area contributed by atoms with Crippen molar-refractivity contribution in [3.8, 4) is 0 Å². The first-order chi connectivity index (χ1) is 12.3. The number of hydrogen-bond acceptors (Lipinski definition) is 1. The molecule has 1 atom stereocenters. The van der Waals surface area contributed by atoms with Crippen LogP contribution in [0.5, 0.6) is 0 Å². The van der Waals surface area contributed by atoms with E-state index in [-0.39, 0.29) is 11.9 Å². The zero-order valence-electron chi connectivity index (χ0n) is 14.3. The summed E-state index contributed by atoms with van der Waals surface area (Å²) >= 11 is 0. The second-order valence-corrected chi connectivity index (χ2v) is 6.94. The van der Waals surface area contributed by atoms with E-state index in [1.807, 2.05) is 22.9 Å². The van der Waals surface area contributed by atoms with Crippen LogP contribution in [-0.2, 0) is 0 Å². The van der Waals surface area contributed by atoms with Crippen LogP contribution in [0.2, 0.25) is 0 Å². The van der Waals surface area contributed by atoms with Gasteiger partial charge in [0.15, 0.2) is 0 Å². The predicted octanol–water partition coefficient (Wildman–Crippen LogP) is 5.71. The molecule has 1 aliphatic rings. The number of benzene rings is 2. The van der Waals surface area contributed by atoms with Gasteiger partial charge in [0.2, 0.25) is 0 Å². The fourth-order valence-corrected chi connectivity index (χ4v) is 4.02. The van der Waals surface area contributed by atoms with Gasteiger partial charge in [-0.05, 0) is 36.0 Å². The Morgan fingerprint density at radius 3 is 2.40 bits per heavy atom. The largest absolute Gasteiger partial charge is 0.326 e. The Hall–Kier alpha value is -2.42. The molecule has 1 aliphatic carbocycles. The maximum Gasteiger partial charge on any atom is 0.128 e. The highest BCUT2D eigenvalue weighted by Crippen LogP contribution is 2.34. The number of rotatable bonds is 4. The van der Waals surface area contributed by atoms with Crippen molar-refractivity contribution in [1.29, 1.82) is 0 Å². The molecule has 0 bridgehead atoms. The van der Waals surface area contributed by atoms with E-state index in [9.17, 15) is 4.39 Å². The molecule has 128 valence electrons. The quantitative estimate of drug-likeness (QED) is 0.598. The van der Waals surface area contributed by atoms with Gasteiger partial charge >= 0.3 is 0 Å². The SMILES string of the molecule is Fc1ccccc1C(c1ccc(C2CCCCC2)cc1)n1ccnc1. The minimum absolute atomic E-state index is 0.183. The Morgan fingerprint density at radius 2 is 1.72 bits per heavy atom. The van der Waals surface area contributed by atoms with Crippen molar-refractivity contribution < 1.29 is 4.39 Å². The van der Waals surface area contributed by atoms with E-state index >= 15 is 0 Å². The lowest BCUT2D eigenvalue weighted by Crippen LogP contribution is -2.13. The minimum atomic E-state index is -0.191. The van der Waals surface area contributed by atoms with E-state index in [1.54, 1.807) is 18.6 Å². The van der Waals surface area contributed by atoms with Gasteiger partial charge in [-0.25, -0.2) is 9.37 Å². The van der Waals surface area contributed by atoms with Crippen molar-refractivity contribution in [3.63, 3.8) is 0 Å². The Labute approximate surface area is 148 Å². The Bertz CT molecular complexity index is 802. The molecule has 3 heteroatoms. The van der Waals surface area contributed by atoms with Crippen LogP contribution in [-0.4, -0.2) is 9.55 Å². The third-order valence-corrected chi connectivity index (χ3v) is 5.35. The highest BCUT2D eigenvalue weighted by molar-refractivity contribution is 5.36. The molecular weight excluding hydrogens is 311 g/mol. The van der Waals surface area contributed by atoms with Gasteiger partial charge in [0.05, 0.1) is 12.4 Å². The van der Waals surface area contributed by atoms with Gasteiger partial charge in [-0.15, -0.1) is 0 Å². The molecule has 0 spiro atoms. The third kappa shape index (κ3) is 3.37. The van der Waals surface area contributed by atoms with Gasteiger partial charge in [0.25, 0.3) is 0 Å². The molecule has 25 heavy (non-hydrogen) atoms. The number of nitrogens with zero attached hydrogens (tertiary/aromatic N) is 2. The summed E-state index contributed by atoms with van der Waals surface area (Å²) in [6.45, 7) is 0. The van der Waals surface area contributed by atoms with Gasteiger partial charge in [0.1, 0.15) is 5.82 Å². The highest BCUT2D eigenvalue weighted by atomic mass is 19.1. The van der Waals surface area contributed by atoms with Crippen molar-refractivity contribution >= 4 is 0 Å². The summed E-state index contributed by atoms with van der Waals surface area (Å²) in [4.78, 5) is 4.16. The maximum atomic E-state index is 14.5. The van der Waals surface area contributed by atoms with E-state index < -0.39 is 0 Å². The molecule has 3 aromatic rings. The van der Waals surface area contributed by atoms with Gasteiger partial charge in [-0.3, -0.25) is 0 Å². The first-order valence-corrected chi connectivity index (χ1v) is 9.14. The van der Waals surface area contributed by atoms with Gasteiger partial charge in [-0.1, -0.05) is 61.7 Å². The fraction of sp³-hybridized carbons (Fsp3) is 0.318. The Kier molecular flexibility index (Phi) is 4.64. The smallest absolute Gasteiger partial charge is 0.128 e. The second-order valence-electron chi connectivity index (χ2n) is 6.94. The van der Waals surface area contributed by atoms with Crippen LogP contribution in [0.3, 0.4) is 0 Å². The van der Waals surface area contributed by atoms with Crippen LogP contribution < -0.4 is 0 Å². The lowest BCUT2D eigenvalue weighted by molar-refractivity contribution is 0.443. The van der Waals surface area contributed by atoms with Crippen LogP contribution in [0.25, 0.3) is 0 Å². The van der Waals surface area contributed by atoms with Crippen molar-refractivity contribution in [3.05, 3.63) is 89.8 Å². The zero-order valence-corrected chi connectivity index (χ0v) is 14.3. The summed E-state index contributed by atoms with van der Waals surface area (Å²) in [5.74, 6) is 0.500. The average molecular weight is 334 g/mol. The zero-order chi connectivity index (χ0) is 17.1. The van der Waals surface area contributed by atoms with Crippen LogP contribution in [0, 0.1) is 5.82 Å². The maximum absolute atomic E-state index is 14.5. The molecule has 0 saturated heterocycles. The van der Waals surface area contributed by atoms with Crippen molar-refractivity contribution in [1.82, 2.24) is 9.55 Å². The molecule has 1 fully saturated rings. The van der Waals surface area contributed by atoms with Crippen molar-refractivity contribution in [2.24, 2.45) is 0 Å². The first-order valence-electron chi connectivity index (χ1n) is 9.14. The summed E-state index contributed by atoms with van der Waals surface area (Å²) < 4.78 is 16.4. The standard InChI is InChI=1S/C22H23FN2/c23-21-9-5-4-8-20(21)22(25-15-14-24-16-25)19-12-10-18(11-13-19)17-6-2-1-3-7-17/h4-5,8-17,22H,1-3,6-7H2. The molecule has 0 N–H and O–H groups in total. The number of hydrogen-bond donors (Lipinski definition) is 0. The molecule has 1 heterocycles. The van der Waals surface area contributed by atoms with E-state index in [0.29, 0.717) is 11.5 Å². The normalized spacial score (nSPS) is 16.7. The highest BCUT2D eigenvalue weighted by Gasteiger charge is 2.20. The predicted molar refractivity (Wildman–Crippen MR) is 98.1 cm³/mol. The number of aromatic nitrogens is 2. The molecule has 2 aromatic carbocycles. The lowest BCUT2D eigenvalue weighted by Gasteiger charge is -2.24. The van der Waals surface area contributed by atoms with E-state index in [4.69, 9.17) is 0 Å². The number of halogens is 1. The summed E-state index contributed by atoms with van der Waals surface area (Å²) in [6, 6.07) is 15.6. The van der Waals surface area contributed by atoms with Crippen LogP contribution in [0.1, 0.15) is 60.8 Å². The van der Waals surface area contributed by atoms with Crippen LogP contribution in [0.15, 0.2) is 67.3 Å².